The fourth-order valence-electron chi connectivity index (χ4n) is 1.48. The van der Waals surface area contributed by atoms with Crippen LogP contribution >= 0.6 is 22.9 Å². The summed E-state index contributed by atoms with van der Waals surface area (Å²) in [5.41, 5.74) is 2.64. The van der Waals surface area contributed by atoms with Crippen LogP contribution in [0.1, 0.15) is 13.3 Å². The van der Waals surface area contributed by atoms with Crippen LogP contribution in [-0.2, 0) is 10.0 Å². The van der Waals surface area contributed by atoms with Gasteiger partial charge >= 0.3 is 0 Å². The van der Waals surface area contributed by atoms with E-state index in [4.69, 9.17) is 11.6 Å². The van der Waals surface area contributed by atoms with E-state index < -0.39 is 10.0 Å². The Morgan fingerprint density at radius 1 is 1.47 bits per heavy atom. The van der Waals surface area contributed by atoms with Crippen molar-refractivity contribution in [2.75, 3.05) is 10.5 Å². The van der Waals surface area contributed by atoms with Crippen LogP contribution < -0.4 is 4.72 Å². The molecule has 0 amide bonds. The normalized spacial score (nSPS) is 11.9. The molecule has 1 aromatic heterocycles. The predicted molar refractivity (Wildman–Crippen MR) is 72.3 cm³/mol. The first-order valence-corrected chi connectivity index (χ1v) is 7.96. The monoisotopic (exact) mass is 290 g/mol. The van der Waals surface area contributed by atoms with E-state index in [2.05, 4.69) is 9.71 Å². The maximum Gasteiger partial charge on any atom is 0.232 e. The average molecular weight is 291 g/mol. The Kier molecular flexibility index (Phi) is 3.56. The number of benzene rings is 1. The van der Waals surface area contributed by atoms with Gasteiger partial charge in [0.2, 0.25) is 10.0 Å². The van der Waals surface area contributed by atoms with E-state index >= 15 is 0 Å². The number of rotatable bonds is 4. The van der Waals surface area contributed by atoms with Crippen LogP contribution in [0.15, 0.2) is 17.6 Å². The number of halogens is 1. The van der Waals surface area contributed by atoms with Gasteiger partial charge in [0.15, 0.2) is 0 Å². The minimum absolute atomic E-state index is 0.0733. The van der Waals surface area contributed by atoms with Crippen LogP contribution in [0.5, 0.6) is 0 Å². The molecule has 0 aliphatic rings. The molecule has 1 N–H and O–H groups in total. The first-order chi connectivity index (χ1) is 8.03. The van der Waals surface area contributed by atoms with Crippen molar-refractivity contribution < 1.29 is 8.42 Å². The molecule has 0 spiro atoms. The molecule has 92 valence electrons. The molecule has 0 atom stereocenters. The topological polar surface area (TPSA) is 59.1 Å². The number of nitrogens with zero attached hydrogens (tertiary/aromatic N) is 1. The van der Waals surface area contributed by atoms with Crippen molar-refractivity contribution in [3.8, 4) is 0 Å². The number of sulfonamides is 1. The van der Waals surface area contributed by atoms with Crippen molar-refractivity contribution in [3.63, 3.8) is 0 Å². The van der Waals surface area contributed by atoms with Crippen molar-refractivity contribution in [1.82, 2.24) is 4.98 Å². The Bertz CT molecular complexity index is 637. The van der Waals surface area contributed by atoms with Gasteiger partial charge in [-0.1, -0.05) is 18.5 Å². The third-order valence-electron chi connectivity index (χ3n) is 2.18. The van der Waals surface area contributed by atoms with Gasteiger partial charge < -0.3 is 0 Å². The fraction of sp³-hybridized carbons (Fsp3) is 0.300. The van der Waals surface area contributed by atoms with Crippen LogP contribution in [0, 0.1) is 0 Å². The van der Waals surface area contributed by atoms with Crippen LogP contribution in [0.2, 0.25) is 5.02 Å². The van der Waals surface area contributed by atoms with E-state index in [-0.39, 0.29) is 5.75 Å². The molecule has 2 rings (SSSR count). The lowest BCUT2D eigenvalue weighted by molar-refractivity contribution is 0.600. The second-order valence-corrected chi connectivity index (χ2v) is 6.68. The van der Waals surface area contributed by atoms with Gasteiger partial charge in [0.25, 0.3) is 0 Å². The minimum atomic E-state index is -3.35. The van der Waals surface area contributed by atoms with Crippen molar-refractivity contribution in [3.05, 3.63) is 22.7 Å². The van der Waals surface area contributed by atoms with Crippen LogP contribution in [-0.4, -0.2) is 19.2 Å². The Morgan fingerprint density at radius 2 is 2.24 bits per heavy atom. The van der Waals surface area contributed by atoms with Crippen LogP contribution in [0.3, 0.4) is 0 Å². The third kappa shape index (κ3) is 2.70. The molecule has 0 unspecified atom stereocenters. The van der Waals surface area contributed by atoms with Gasteiger partial charge in [-0.3, -0.25) is 4.72 Å². The smallest absolute Gasteiger partial charge is 0.232 e. The van der Waals surface area contributed by atoms with Gasteiger partial charge in [-0.2, -0.15) is 0 Å². The molecule has 0 bridgehead atoms. The molecule has 17 heavy (non-hydrogen) atoms. The highest BCUT2D eigenvalue weighted by atomic mass is 35.5. The molecule has 0 radical (unpaired) electrons. The number of fused-ring (bicyclic) bond motifs is 1. The van der Waals surface area contributed by atoms with Gasteiger partial charge in [0, 0.05) is 0 Å². The fourth-order valence-corrected chi connectivity index (χ4v) is 3.58. The number of hydrogen-bond donors (Lipinski definition) is 1. The summed E-state index contributed by atoms with van der Waals surface area (Å²) < 4.78 is 26.9. The van der Waals surface area contributed by atoms with Gasteiger partial charge in [-0.25, -0.2) is 13.4 Å². The first-order valence-electron chi connectivity index (χ1n) is 5.05. The largest absolute Gasteiger partial charge is 0.280 e. The summed E-state index contributed by atoms with van der Waals surface area (Å²) in [6.07, 6.45) is 0.556. The SMILES string of the molecule is CCCS(=O)(=O)Nc1c(Cl)ccc2scnc12. The van der Waals surface area contributed by atoms with Crippen LogP contribution in [0.25, 0.3) is 10.2 Å². The van der Waals surface area contributed by atoms with Crippen molar-refractivity contribution in [2.45, 2.75) is 13.3 Å². The Hall–Kier alpha value is -0.850. The third-order valence-corrected chi connectivity index (χ3v) is 4.75. The highest BCUT2D eigenvalue weighted by molar-refractivity contribution is 7.92. The number of hydrogen-bond acceptors (Lipinski definition) is 4. The van der Waals surface area contributed by atoms with E-state index in [1.807, 2.05) is 13.0 Å². The average Bonchev–Trinajstić information content (AvgIpc) is 2.70. The number of anilines is 1. The lowest BCUT2D eigenvalue weighted by atomic mass is 10.3. The zero-order chi connectivity index (χ0) is 12.5. The summed E-state index contributed by atoms with van der Waals surface area (Å²) in [5, 5.41) is 0.364. The molecule has 2 aromatic rings. The molecule has 4 nitrogen and oxygen atoms in total. The molecule has 0 saturated carbocycles. The molecule has 0 aliphatic heterocycles. The second-order valence-electron chi connectivity index (χ2n) is 3.54. The summed E-state index contributed by atoms with van der Waals surface area (Å²) in [5.74, 6) is 0.0733. The summed E-state index contributed by atoms with van der Waals surface area (Å²) in [4.78, 5) is 4.13. The van der Waals surface area contributed by atoms with E-state index in [0.717, 1.165) is 4.70 Å². The first kappa shape index (κ1) is 12.6. The maximum absolute atomic E-state index is 11.7. The second kappa shape index (κ2) is 4.80. The van der Waals surface area contributed by atoms with E-state index in [1.54, 1.807) is 11.6 Å². The van der Waals surface area contributed by atoms with Crippen molar-refractivity contribution in [2.24, 2.45) is 0 Å². The van der Waals surface area contributed by atoms with Crippen molar-refractivity contribution >= 4 is 48.9 Å². The molecule has 0 fully saturated rings. The molecule has 1 heterocycles. The number of aromatic nitrogens is 1. The summed E-state index contributed by atoms with van der Waals surface area (Å²) >= 11 is 7.45. The molecular formula is C10H11ClN2O2S2. The van der Waals surface area contributed by atoms with Gasteiger partial charge in [0.1, 0.15) is 5.52 Å². The maximum atomic E-state index is 11.7. The molecule has 1 aromatic carbocycles. The molecule has 0 saturated heterocycles. The Labute approximate surface area is 109 Å². The summed E-state index contributed by atoms with van der Waals surface area (Å²) in [7, 11) is -3.35. The quantitative estimate of drug-likeness (QED) is 0.941. The highest BCUT2D eigenvalue weighted by Crippen LogP contribution is 2.32. The predicted octanol–water partition coefficient (Wildman–Crippen LogP) is 3.10. The lowest BCUT2D eigenvalue weighted by Gasteiger charge is -2.09. The Morgan fingerprint density at radius 3 is 2.94 bits per heavy atom. The standard InChI is InChI=1S/C10H11ClN2O2S2/c1-2-5-17(14,15)13-9-7(11)3-4-8-10(9)12-6-16-8/h3-4,6,13H,2,5H2,1H3. The van der Waals surface area contributed by atoms with Gasteiger partial charge in [-0.15, -0.1) is 11.3 Å². The molecular weight excluding hydrogens is 280 g/mol. The lowest BCUT2D eigenvalue weighted by Crippen LogP contribution is -2.16. The highest BCUT2D eigenvalue weighted by Gasteiger charge is 2.15. The van der Waals surface area contributed by atoms with E-state index in [9.17, 15) is 8.42 Å². The minimum Gasteiger partial charge on any atom is -0.280 e. The molecule has 0 aliphatic carbocycles. The van der Waals surface area contributed by atoms with E-state index in [0.29, 0.717) is 22.6 Å². The molecule has 7 heteroatoms. The van der Waals surface area contributed by atoms with Gasteiger partial charge in [0.05, 0.1) is 26.7 Å². The van der Waals surface area contributed by atoms with Crippen molar-refractivity contribution in [1.29, 1.82) is 0 Å². The van der Waals surface area contributed by atoms with Crippen LogP contribution in [0.4, 0.5) is 5.69 Å². The van der Waals surface area contributed by atoms with E-state index in [1.165, 1.54) is 11.3 Å². The van der Waals surface area contributed by atoms with Gasteiger partial charge in [-0.05, 0) is 18.6 Å². The summed E-state index contributed by atoms with van der Waals surface area (Å²) in [6.45, 7) is 1.81. The summed E-state index contributed by atoms with van der Waals surface area (Å²) in [6, 6.07) is 3.50. The Balaban J connectivity index is 2.48. The zero-order valence-electron chi connectivity index (χ0n) is 9.10. The number of thiazole rings is 1. The number of nitrogens with one attached hydrogen (secondary N) is 1. The zero-order valence-corrected chi connectivity index (χ0v) is 11.5.